The van der Waals surface area contributed by atoms with Crippen molar-refractivity contribution in [3.05, 3.63) is 236 Å². The third-order valence-electron chi connectivity index (χ3n) is 12.8. The van der Waals surface area contributed by atoms with Crippen LogP contribution in [0, 0.1) is 0 Å². The number of nitrogens with zero attached hydrogens (tertiary/aromatic N) is 1. The molecule has 0 amide bonds. The quantitative estimate of drug-likeness (QED) is 0.161. The molecule has 0 aliphatic carbocycles. The molecule has 2 nitrogen and oxygen atoms in total. The van der Waals surface area contributed by atoms with Crippen LogP contribution in [-0.4, -0.2) is 8.07 Å². The van der Waals surface area contributed by atoms with Gasteiger partial charge in [-0.1, -0.05) is 182 Å². The maximum absolute atomic E-state index is 6.72. The summed E-state index contributed by atoms with van der Waals surface area (Å²) in [7, 11) is -2.84. The molecule has 3 heteroatoms. The molecule has 2 aliphatic rings. The Morgan fingerprint density at radius 1 is 0.367 bits per heavy atom. The zero-order valence-electron chi connectivity index (χ0n) is 32.9. The first kappa shape index (κ1) is 34.6. The van der Waals surface area contributed by atoms with Gasteiger partial charge in [-0.25, -0.2) is 0 Å². The molecule has 12 rings (SSSR count). The Bertz CT molecular complexity index is 3080. The second-order valence-electron chi connectivity index (χ2n) is 16.0. The molecular weight excluding hydrogens is 743 g/mol. The fraction of sp³-hybridized carbons (Fsp3) is 0.0175. The van der Waals surface area contributed by atoms with Crippen molar-refractivity contribution in [2.24, 2.45) is 0 Å². The van der Waals surface area contributed by atoms with Crippen LogP contribution in [0.25, 0.3) is 43.8 Å². The average molecular weight is 782 g/mol. The van der Waals surface area contributed by atoms with Crippen molar-refractivity contribution in [2.45, 2.75) is 6.42 Å². The Balaban J connectivity index is 1.08. The fourth-order valence-electron chi connectivity index (χ4n) is 10.2. The van der Waals surface area contributed by atoms with Crippen LogP contribution in [0.5, 0.6) is 11.5 Å². The first-order chi connectivity index (χ1) is 29.8. The number of anilines is 3. The first-order valence-corrected chi connectivity index (χ1v) is 22.8. The van der Waals surface area contributed by atoms with Gasteiger partial charge in [-0.3, -0.25) is 0 Å². The van der Waals surface area contributed by atoms with Crippen molar-refractivity contribution in [1.82, 2.24) is 0 Å². The van der Waals surface area contributed by atoms with Crippen molar-refractivity contribution in [3.63, 3.8) is 0 Å². The Morgan fingerprint density at radius 2 is 0.817 bits per heavy atom. The minimum absolute atomic E-state index is 0.834. The van der Waals surface area contributed by atoms with Crippen molar-refractivity contribution in [3.8, 4) is 33.8 Å². The van der Waals surface area contributed by atoms with Crippen LogP contribution in [0.1, 0.15) is 11.1 Å². The maximum Gasteiger partial charge on any atom is 0.188 e. The van der Waals surface area contributed by atoms with Gasteiger partial charge in [-0.2, -0.15) is 0 Å². The zero-order chi connectivity index (χ0) is 39.6. The molecule has 10 aromatic rings. The Hall–Kier alpha value is -7.46. The van der Waals surface area contributed by atoms with Gasteiger partial charge in [0.1, 0.15) is 11.5 Å². The van der Waals surface area contributed by atoms with E-state index in [9.17, 15) is 0 Å². The highest BCUT2D eigenvalue weighted by Gasteiger charge is 2.52. The van der Waals surface area contributed by atoms with E-state index < -0.39 is 8.07 Å². The summed E-state index contributed by atoms with van der Waals surface area (Å²) in [6, 6.07) is 82.7. The molecule has 0 atom stereocenters. The molecule has 0 bridgehead atoms. The van der Waals surface area contributed by atoms with Crippen molar-refractivity contribution in [1.29, 1.82) is 0 Å². The molecule has 10 aromatic carbocycles. The molecule has 2 heterocycles. The standard InChI is InChI=1S/C57H39NOSi/c1-4-19-46-39(14-1)17-11-21-48(46)41-30-34-44(35-31-41)58(45-36-32-42(33-37-45)49-22-12-18-40-15-2-5-20-47(40)49)51-23-13-29-55-50(51)38-43-16-3-8-26-54(43)60(55)56-27-9-6-24-52(56)59-53-25-7-10-28-57(53)60/h1-37H,38H2. The largest absolute Gasteiger partial charge is 0.458 e. The molecule has 0 aromatic heterocycles. The smallest absolute Gasteiger partial charge is 0.188 e. The molecule has 0 unspecified atom stereocenters. The van der Waals surface area contributed by atoms with E-state index in [2.05, 4.69) is 229 Å². The summed E-state index contributed by atoms with van der Waals surface area (Å²) in [5.41, 5.74) is 11.1. The van der Waals surface area contributed by atoms with Crippen LogP contribution in [0.4, 0.5) is 17.1 Å². The summed E-state index contributed by atoms with van der Waals surface area (Å²) in [5.74, 6) is 1.92. The first-order valence-electron chi connectivity index (χ1n) is 20.8. The lowest BCUT2D eigenvalue weighted by Gasteiger charge is -2.44. The van der Waals surface area contributed by atoms with E-state index in [1.54, 1.807) is 0 Å². The van der Waals surface area contributed by atoms with Crippen LogP contribution >= 0.6 is 0 Å². The molecule has 1 spiro atoms. The summed E-state index contributed by atoms with van der Waals surface area (Å²) in [5, 5.41) is 10.5. The Labute approximate surface area is 351 Å². The van der Waals surface area contributed by atoms with E-state index in [-0.39, 0.29) is 0 Å². The highest BCUT2D eigenvalue weighted by atomic mass is 28.3. The summed E-state index contributed by atoms with van der Waals surface area (Å²) in [6.45, 7) is 0. The van der Waals surface area contributed by atoms with Crippen LogP contribution in [0.15, 0.2) is 224 Å². The number of para-hydroxylation sites is 2. The molecule has 0 saturated heterocycles. The van der Waals surface area contributed by atoms with Crippen LogP contribution in [-0.2, 0) is 6.42 Å². The number of rotatable bonds is 5. The minimum Gasteiger partial charge on any atom is -0.458 e. The number of hydrogen-bond acceptors (Lipinski definition) is 2. The Morgan fingerprint density at radius 3 is 1.40 bits per heavy atom. The van der Waals surface area contributed by atoms with E-state index >= 15 is 0 Å². The fourth-order valence-corrected chi connectivity index (χ4v) is 15.7. The van der Waals surface area contributed by atoms with E-state index in [4.69, 9.17) is 4.74 Å². The molecule has 282 valence electrons. The average Bonchev–Trinajstić information content (AvgIpc) is 3.32. The minimum atomic E-state index is -2.84. The SMILES string of the molecule is c1ccc2c(c1)Cc1c(N(c3ccc(-c4cccc5ccccc45)cc3)c3ccc(-c4cccc5ccccc45)cc3)cccc1[Si]21c2ccccc2Oc2ccccc21. The molecule has 0 N–H and O–H groups in total. The molecule has 60 heavy (non-hydrogen) atoms. The van der Waals surface area contributed by atoms with Gasteiger partial charge >= 0.3 is 0 Å². The van der Waals surface area contributed by atoms with Gasteiger partial charge in [-0.15, -0.1) is 0 Å². The van der Waals surface area contributed by atoms with Crippen LogP contribution in [0.2, 0.25) is 0 Å². The lowest BCUT2D eigenvalue weighted by Crippen LogP contribution is -2.78. The van der Waals surface area contributed by atoms with Gasteiger partial charge in [0.2, 0.25) is 0 Å². The summed E-state index contributed by atoms with van der Waals surface area (Å²) in [6.07, 6.45) is 0.834. The number of fused-ring (bicyclic) bond motifs is 10. The number of hydrogen-bond donors (Lipinski definition) is 0. The van der Waals surface area contributed by atoms with Gasteiger partial charge < -0.3 is 9.64 Å². The monoisotopic (exact) mass is 781 g/mol. The van der Waals surface area contributed by atoms with Crippen molar-refractivity contribution in [2.75, 3.05) is 4.90 Å². The van der Waals surface area contributed by atoms with Gasteiger partial charge in [-0.05, 0) is 125 Å². The highest BCUT2D eigenvalue weighted by molar-refractivity contribution is 7.21. The number of benzene rings is 10. The Kier molecular flexibility index (Phi) is 7.97. The third kappa shape index (κ3) is 5.26. The van der Waals surface area contributed by atoms with Gasteiger partial charge in [0, 0.05) is 17.1 Å². The van der Waals surface area contributed by atoms with E-state index in [1.165, 1.54) is 81.4 Å². The predicted octanol–water partition coefficient (Wildman–Crippen LogP) is 12.2. The lowest BCUT2D eigenvalue weighted by molar-refractivity contribution is 0.487. The molecule has 2 aliphatic heterocycles. The topological polar surface area (TPSA) is 12.5 Å². The normalized spacial score (nSPS) is 13.2. The molecule has 0 fully saturated rings. The zero-order valence-corrected chi connectivity index (χ0v) is 33.9. The summed E-state index contributed by atoms with van der Waals surface area (Å²) in [4.78, 5) is 2.49. The summed E-state index contributed by atoms with van der Waals surface area (Å²) < 4.78 is 6.72. The number of ether oxygens (including phenoxy) is 1. The van der Waals surface area contributed by atoms with E-state index in [0.29, 0.717) is 0 Å². The van der Waals surface area contributed by atoms with Crippen molar-refractivity contribution < 1.29 is 4.74 Å². The second-order valence-corrected chi connectivity index (χ2v) is 19.6. The second kappa shape index (κ2) is 13.8. The molecular formula is C57H39NOSi. The third-order valence-corrected chi connectivity index (χ3v) is 17.9. The summed E-state index contributed by atoms with van der Waals surface area (Å²) >= 11 is 0. The van der Waals surface area contributed by atoms with E-state index in [1.807, 2.05) is 0 Å². The molecule has 0 saturated carbocycles. The highest BCUT2D eigenvalue weighted by Crippen LogP contribution is 2.42. The van der Waals surface area contributed by atoms with Gasteiger partial charge in [0.25, 0.3) is 0 Å². The van der Waals surface area contributed by atoms with Crippen molar-refractivity contribution >= 4 is 67.4 Å². The van der Waals surface area contributed by atoms with E-state index in [0.717, 1.165) is 29.3 Å². The van der Waals surface area contributed by atoms with Gasteiger partial charge in [0.05, 0.1) is 0 Å². The maximum atomic E-state index is 6.72. The van der Waals surface area contributed by atoms with Crippen LogP contribution < -0.4 is 30.4 Å². The van der Waals surface area contributed by atoms with Gasteiger partial charge in [0.15, 0.2) is 8.07 Å². The lowest BCUT2D eigenvalue weighted by atomic mass is 9.97. The molecule has 0 radical (unpaired) electrons. The predicted molar refractivity (Wildman–Crippen MR) is 254 cm³/mol. The van der Waals surface area contributed by atoms with Crippen LogP contribution in [0.3, 0.4) is 0 Å².